The summed E-state index contributed by atoms with van der Waals surface area (Å²) in [6, 6.07) is 10.3. The first kappa shape index (κ1) is 13.8. The lowest BCUT2D eigenvalue weighted by atomic mass is 9.89. The molecule has 0 saturated heterocycles. The molecule has 21 heavy (non-hydrogen) atoms. The molecule has 3 nitrogen and oxygen atoms in total. The van der Waals surface area contributed by atoms with Gasteiger partial charge in [-0.1, -0.05) is 39.8 Å². The number of nitrogens with zero attached hydrogens (tertiary/aromatic N) is 3. The molecule has 0 saturated carbocycles. The molecule has 0 fully saturated rings. The zero-order valence-electron chi connectivity index (χ0n) is 13.1. The van der Waals surface area contributed by atoms with Gasteiger partial charge in [0.05, 0.1) is 16.9 Å². The Balaban J connectivity index is 2.12. The van der Waals surface area contributed by atoms with Crippen molar-refractivity contribution < 1.29 is 0 Å². The molecule has 3 rings (SSSR count). The molecule has 2 heterocycles. The van der Waals surface area contributed by atoms with Crippen LogP contribution in [0.1, 0.15) is 39.0 Å². The van der Waals surface area contributed by atoms with Crippen LogP contribution in [0.3, 0.4) is 0 Å². The molecule has 0 amide bonds. The Morgan fingerprint density at radius 1 is 1.14 bits per heavy atom. The molecule has 2 aromatic heterocycles. The molecule has 0 atom stereocenters. The first-order chi connectivity index (χ1) is 9.99. The van der Waals surface area contributed by atoms with Gasteiger partial charge in [-0.25, -0.2) is 4.68 Å². The summed E-state index contributed by atoms with van der Waals surface area (Å²) in [4.78, 5) is 4.42. The van der Waals surface area contributed by atoms with Crippen LogP contribution in [-0.4, -0.2) is 14.8 Å². The maximum Gasteiger partial charge on any atom is 0.0723 e. The highest BCUT2D eigenvalue weighted by Crippen LogP contribution is 2.26. The largest absolute Gasteiger partial charge is 0.256 e. The number of aromatic nitrogens is 3. The quantitative estimate of drug-likeness (QED) is 0.701. The Hall–Kier alpha value is -2.16. The van der Waals surface area contributed by atoms with Crippen LogP contribution in [0.25, 0.3) is 16.6 Å². The lowest BCUT2D eigenvalue weighted by molar-refractivity contribution is 0.555. The third-order valence-electron chi connectivity index (χ3n) is 3.74. The van der Waals surface area contributed by atoms with Gasteiger partial charge in [0.15, 0.2) is 0 Å². The van der Waals surface area contributed by atoms with Gasteiger partial charge < -0.3 is 0 Å². The third-order valence-corrected chi connectivity index (χ3v) is 3.74. The molecule has 0 aliphatic rings. The van der Waals surface area contributed by atoms with Crippen LogP contribution < -0.4 is 0 Å². The molecule has 1 aromatic carbocycles. The minimum Gasteiger partial charge on any atom is -0.256 e. The van der Waals surface area contributed by atoms with Crippen molar-refractivity contribution in [3.8, 4) is 5.69 Å². The summed E-state index contributed by atoms with van der Waals surface area (Å²) in [5.74, 6) is 0. The summed E-state index contributed by atoms with van der Waals surface area (Å²) < 4.78 is 1.98. The smallest absolute Gasteiger partial charge is 0.0723 e. The molecular weight excluding hydrogens is 258 g/mol. The molecule has 0 spiro atoms. The van der Waals surface area contributed by atoms with E-state index in [1.165, 1.54) is 11.3 Å². The van der Waals surface area contributed by atoms with Crippen LogP contribution in [0.2, 0.25) is 0 Å². The van der Waals surface area contributed by atoms with Gasteiger partial charge in [-0.05, 0) is 30.2 Å². The monoisotopic (exact) mass is 279 g/mol. The standard InChI is InChI=1S/C18H21N3/c1-5-13-12-21(20-17(13)18(2,3)4)15-9-8-14-7-6-10-19-16(14)11-15/h6-12H,5H2,1-4H3. The Kier molecular flexibility index (Phi) is 3.28. The molecule has 0 unspecified atom stereocenters. The number of rotatable bonds is 2. The van der Waals surface area contributed by atoms with E-state index in [2.05, 4.69) is 63.1 Å². The SMILES string of the molecule is CCc1cn(-c2ccc3cccnc3c2)nc1C(C)(C)C. The molecule has 0 bridgehead atoms. The van der Waals surface area contributed by atoms with E-state index in [9.17, 15) is 0 Å². The lowest BCUT2D eigenvalue weighted by Gasteiger charge is -2.16. The predicted molar refractivity (Wildman–Crippen MR) is 86.9 cm³/mol. The Morgan fingerprint density at radius 2 is 1.95 bits per heavy atom. The average molecular weight is 279 g/mol. The van der Waals surface area contributed by atoms with Gasteiger partial charge in [0.2, 0.25) is 0 Å². The number of benzene rings is 1. The van der Waals surface area contributed by atoms with Crippen molar-refractivity contribution in [2.75, 3.05) is 0 Å². The van der Waals surface area contributed by atoms with Crippen molar-refractivity contribution >= 4 is 10.9 Å². The maximum absolute atomic E-state index is 4.82. The highest BCUT2D eigenvalue weighted by molar-refractivity contribution is 5.80. The summed E-state index contributed by atoms with van der Waals surface area (Å²) in [5, 5.41) is 5.97. The van der Waals surface area contributed by atoms with Crippen LogP contribution >= 0.6 is 0 Å². The first-order valence-electron chi connectivity index (χ1n) is 7.43. The third kappa shape index (κ3) is 2.56. The average Bonchev–Trinajstić information content (AvgIpc) is 2.91. The van der Waals surface area contributed by atoms with Crippen LogP contribution in [0.5, 0.6) is 0 Å². The number of aryl methyl sites for hydroxylation is 1. The Morgan fingerprint density at radius 3 is 2.62 bits per heavy atom. The summed E-state index contributed by atoms with van der Waals surface area (Å²) >= 11 is 0. The van der Waals surface area contributed by atoms with E-state index < -0.39 is 0 Å². The van der Waals surface area contributed by atoms with Crippen LogP contribution in [0, 0.1) is 0 Å². The summed E-state index contributed by atoms with van der Waals surface area (Å²) in [7, 11) is 0. The fourth-order valence-electron chi connectivity index (χ4n) is 2.63. The van der Waals surface area contributed by atoms with E-state index in [1.807, 2.05) is 16.9 Å². The number of pyridine rings is 1. The Bertz CT molecular complexity index is 779. The van der Waals surface area contributed by atoms with Crippen LogP contribution in [-0.2, 0) is 11.8 Å². The first-order valence-corrected chi connectivity index (χ1v) is 7.43. The van der Waals surface area contributed by atoms with Crippen molar-refractivity contribution in [2.45, 2.75) is 39.5 Å². The Labute approximate surface area is 125 Å². The van der Waals surface area contributed by atoms with Crippen molar-refractivity contribution in [3.05, 3.63) is 54.0 Å². The molecule has 3 aromatic rings. The fraction of sp³-hybridized carbons (Fsp3) is 0.333. The van der Waals surface area contributed by atoms with Crippen molar-refractivity contribution in [3.63, 3.8) is 0 Å². The maximum atomic E-state index is 4.82. The van der Waals surface area contributed by atoms with Gasteiger partial charge in [0.25, 0.3) is 0 Å². The zero-order valence-corrected chi connectivity index (χ0v) is 13.1. The van der Waals surface area contributed by atoms with Gasteiger partial charge >= 0.3 is 0 Å². The molecule has 0 N–H and O–H groups in total. The van der Waals surface area contributed by atoms with Crippen LogP contribution in [0.4, 0.5) is 0 Å². The molecule has 0 radical (unpaired) electrons. The highest BCUT2D eigenvalue weighted by Gasteiger charge is 2.21. The van der Waals surface area contributed by atoms with Crippen molar-refractivity contribution in [1.82, 2.24) is 14.8 Å². The number of hydrogen-bond donors (Lipinski definition) is 0. The fourth-order valence-corrected chi connectivity index (χ4v) is 2.63. The molecule has 3 heteroatoms. The van der Waals surface area contributed by atoms with E-state index >= 15 is 0 Å². The predicted octanol–water partition coefficient (Wildman–Crippen LogP) is 4.28. The number of fused-ring (bicyclic) bond motifs is 1. The second-order valence-corrected chi connectivity index (χ2v) is 6.43. The minimum absolute atomic E-state index is 0.0612. The van der Waals surface area contributed by atoms with Crippen molar-refractivity contribution in [1.29, 1.82) is 0 Å². The second-order valence-electron chi connectivity index (χ2n) is 6.43. The molecule has 0 aliphatic heterocycles. The number of hydrogen-bond acceptors (Lipinski definition) is 2. The van der Waals surface area contributed by atoms with Gasteiger partial charge in [-0.2, -0.15) is 5.10 Å². The molecule has 0 aliphatic carbocycles. The molecule has 108 valence electrons. The molecular formula is C18H21N3. The van der Waals surface area contributed by atoms with Gasteiger partial charge in [-0.15, -0.1) is 0 Å². The van der Waals surface area contributed by atoms with Gasteiger partial charge in [0, 0.05) is 23.2 Å². The van der Waals surface area contributed by atoms with E-state index in [1.54, 1.807) is 0 Å². The van der Waals surface area contributed by atoms with E-state index in [4.69, 9.17) is 5.10 Å². The summed E-state index contributed by atoms with van der Waals surface area (Å²) in [6.45, 7) is 8.81. The van der Waals surface area contributed by atoms with E-state index in [0.717, 1.165) is 23.0 Å². The van der Waals surface area contributed by atoms with Crippen molar-refractivity contribution in [2.24, 2.45) is 0 Å². The highest BCUT2D eigenvalue weighted by atomic mass is 15.3. The van der Waals surface area contributed by atoms with E-state index in [-0.39, 0.29) is 5.41 Å². The lowest BCUT2D eigenvalue weighted by Crippen LogP contribution is -2.14. The van der Waals surface area contributed by atoms with E-state index in [0.29, 0.717) is 0 Å². The normalized spacial score (nSPS) is 12.0. The van der Waals surface area contributed by atoms with Gasteiger partial charge in [0.1, 0.15) is 0 Å². The van der Waals surface area contributed by atoms with Gasteiger partial charge in [-0.3, -0.25) is 4.98 Å². The minimum atomic E-state index is 0.0612. The summed E-state index contributed by atoms with van der Waals surface area (Å²) in [5.41, 5.74) is 4.60. The summed E-state index contributed by atoms with van der Waals surface area (Å²) in [6.07, 6.45) is 4.97. The topological polar surface area (TPSA) is 30.7 Å². The zero-order chi connectivity index (χ0) is 15.0. The second kappa shape index (κ2) is 4.99. The van der Waals surface area contributed by atoms with Crippen LogP contribution in [0.15, 0.2) is 42.7 Å².